The van der Waals surface area contributed by atoms with E-state index >= 15 is 0 Å². The highest BCUT2D eigenvalue weighted by Gasteiger charge is 2.30. The highest BCUT2D eigenvalue weighted by atomic mass is 19.4. The van der Waals surface area contributed by atoms with Gasteiger partial charge in [0.15, 0.2) is 0 Å². The highest BCUT2D eigenvalue weighted by Crippen LogP contribution is 2.32. The fourth-order valence-corrected chi connectivity index (χ4v) is 4.04. The number of carbonyl (C=O) groups is 1. The maximum Gasteiger partial charge on any atom is 0.416 e. The van der Waals surface area contributed by atoms with E-state index in [0.717, 1.165) is 37.8 Å². The number of hydrogen-bond acceptors (Lipinski definition) is 3. The summed E-state index contributed by atoms with van der Waals surface area (Å²) in [4.78, 5) is 17.6. The first-order valence-corrected chi connectivity index (χ1v) is 10.5. The van der Waals surface area contributed by atoms with Gasteiger partial charge in [-0.3, -0.25) is 4.79 Å². The molecule has 0 saturated heterocycles. The molecule has 1 aliphatic carbocycles. The number of anilines is 2. The fourth-order valence-electron chi connectivity index (χ4n) is 4.04. The van der Waals surface area contributed by atoms with Crippen LogP contribution in [0.15, 0.2) is 54.6 Å². The molecular weight excluding hydrogens is 403 g/mol. The van der Waals surface area contributed by atoms with Gasteiger partial charge in [0.05, 0.1) is 16.6 Å². The van der Waals surface area contributed by atoms with Crippen LogP contribution in [0.4, 0.5) is 24.7 Å². The molecule has 1 saturated carbocycles. The second-order valence-electron chi connectivity index (χ2n) is 7.94. The average Bonchev–Trinajstić information content (AvgIpc) is 3.01. The van der Waals surface area contributed by atoms with E-state index in [1.807, 2.05) is 18.2 Å². The lowest BCUT2D eigenvalue weighted by atomic mass is 10.1. The second kappa shape index (κ2) is 8.96. The van der Waals surface area contributed by atoms with Crippen molar-refractivity contribution in [2.75, 3.05) is 5.32 Å². The third-order valence-electron chi connectivity index (χ3n) is 5.61. The maximum absolute atomic E-state index is 13.1. The molecule has 7 heteroatoms. The Morgan fingerprint density at radius 2 is 1.68 bits per heavy atom. The Kier molecular flexibility index (Phi) is 6.11. The minimum absolute atomic E-state index is 0.141. The van der Waals surface area contributed by atoms with Crippen LogP contribution in [-0.2, 0) is 6.18 Å². The number of aromatic nitrogens is 1. The van der Waals surface area contributed by atoms with Crippen molar-refractivity contribution in [1.82, 2.24) is 10.3 Å². The number of rotatable bonds is 4. The van der Waals surface area contributed by atoms with Crippen LogP contribution in [0.5, 0.6) is 0 Å². The minimum atomic E-state index is -4.43. The SMILES string of the molecule is O=C(NC1CCCCCC1)c1cc(Nc2cccc(C(F)(F)F)c2)nc2ccccc12. The van der Waals surface area contributed by atoms with Crippen molar-refractivity contribution < 1.29 is 18.0 Å². The van der Waals surface area contributed by atoms with Crippen LogP contribution < -0.4 is 10.6 Å². The first kappa shape index (κ1) is 21.2. The Balaban J connectivity index is 1.64. The van der Waals surface area contributed by atoms with Crippen LogP contribution in [-0.4, -0.2) is 16.9 Å². The van der Waals surface area contributed by atoms with Gasteiger partial charge in [-0.15, -0.1) is 0 Å². The molecule has 1 fully saturated rings. The van der Waals surface area contributed by atoms with E-state index < -0.39 is 11.7 Å². The summed E-state index contributed by atoms with van der Waals surface area (Å²) in [5.41, 5.74) is 0.576. The van der Waals surface area contributed by atoms with Crippen molar-refractivity contribution in [2.24, 2.45) is 0 Å². The zero-order valence-corrected chi connectivity index (χ0v) is 17.0. The fraction of sp³-hybridized carbons (Fsp3) is 0.333. The van der Waals surface area contributed by atoms with Crippen LogP contribution in [0.25, 0.3) is 10.9 Å². The zero-order valence-electron chi connectivity index (χ0n) is 17.0. The van der Waals surface area contributed by atoms with E-state index in [-0.39, 0.29) is 17.6 Å². The summed E-state index contributed by atoms with van der Waals surface area (Å²) >= 11 is 0. The Labute approximate surface area is 178 Å². The van der Waals surface area contributed by atoms with Crippen molar-refractivity contribution in [1.29, 1.82) is 0 Å². The summed E-state index contributed by atoms with van der Waals surface area (Å²) < 4.78 is 39.1. The predicted molar refractivity (Wildman–Crippen MR) is 115 cm³/mol. The summed E-state index contributed by atoms with van der Waals surface area (Å²) in [6.45, 7) is 0. The zero-order chi connectivity index (χ0) is 21.8. The van der Waals surface area contributed by atoms with Crippen molar-refractivity contribution >= 4 is 28.3 Å². The molecule has 1 aromatic heterocycles. The van der Waals surface area contributed by atoms with Crippen LogP contribution in [0.2, 0.25) is 0 Å². The number of alkyl halides is 3. The molecule has 4 rings (SSSR count). The maximum atomic E-state index is 13.1. The van der Waals surface area contributed by atoms with Gasteiger partial charge in [0.2, 0.25) is 0 Å². The number of para-hydroxylation sites is 1. The van der Waals surface area contributed by atoms with E-state index in [4.69, 9.17) is 0 Å². The van der Waals surface area contributed by atoms with Gasteiger partial charge in [-0.1, -0.05) is 49.9 Å². The molecule has 31 heavy (non-hydrogen) atoms. The van der Waals surface area contributed by atoms with Crippen molar-refractivity contribution in [3.63, 3.8) is 0 Å². The predicted octanol–water partition coefficient (Wildman–Crippen LogP) is 6.45. The van der Waals surface area contributed by atoms with Crippen molar-refractivity contribution in [2.45, 2.75) is 50.7 Å². The lowest BCUT2D eigenvalue weighted by Crippen LogP contribution is -2.34. The number of pyridine rings is 1. The molecule has 0 spiro atoms. The highest BCUT2D eigenvalue weighted by molar-refractivity contribution is 6.07. The quantitative estimate of drug-likeness (QED) is 0.471. The minimum Gasteiger partial charge on any atom is -0.349 e. The molecular formula is C24H24F3N3O. The largest absolute Gasteiger partial charge is 0.416 e. The van der Waals surface area contributed by atoms with E-state index in [0.29, 0.717) is 22.3 Å². The van der Waals surface area contributed by atoms with Gasteiger partial charge in [-0.2, -0.15) is 13.2 Å². The molecule has 0 atom stereocenters. The summed E-state index contributed by atoms with van der Waals surface area (Å²) in [7, 11) is 0. The molecule has 4 nitrogen and oxygen atoms in total. The second-order valence-corrected chi connectivity index (χ2v) is 7.94. The average molecular weight is 427 g/mol. The summed E-state index contributed by atoms with van der Waals surface area (Å²) in [6, 6.07) is 13.9. The Hall–Kier alpha value is -3.09. The van der Waals surface area contributed by atoms with Gasteiger partial charge < -0.3 is 10.6 Å². The Morgan fingerprint density at radius 3 is 2.42 bits per heavy atom. The number of benzene rings is 2. The van der Waals surface area contributed by atoms with Gasteiger partial charge in [0.1, 0.15) is 5.82 Å². The van der Waals surface area contributed by atoms with Gasteiger partial charge in [0, 0.05) is 17.1 Å². The van der Waals surface area contributed by atoms with Gasteiger partial charge >= 0.3 is 6.18 Å². The first-order valence-electron chi connectivity index (χ1n) is 10.5. The number of amides is 1. The summed E-state index contributed by atoms with van der Waals surface area (Å²) in [5, 5.41) is 6.78. The summed E-state index contributed by atoms with van der Waals surface area (Å²) in [5.74, 6) is 0.140. The molecule has 162 valence electrons. The Morgan fingerprint density at radius 1 is 0.935 bits per heavy atom. The number of nitrogens with one attached hydrogen (secondary N) is 2. The van der Waals surface area contributed by atoms with Crippen LogP contribution in [0.1, 0.15) is 54.4 Å². The number of carbonyl (C=O) groups excluding carboxylic acids is 1. The van der Waals surface area contributed by atoms with E-state index in [2.05, 4.69) is 15.6 Å². The summed E-state index contributed by atoms with van der Waals surface area (Å²) in [6.07, 6.45) is 2.08. The standard InChI is InChI=1S/C24H24F3N3O/c25-24(26,27)16-8-7-11-18(14-16)28-22-15-20(19-12-5-6-13-21(19)30-22)23(31)29-17-9-3-1-2-4-10-17/h5-8,11-15,17H,1-4,9-10H2,(H,28,30)(H,29,31). The van der Waals surface area contributed by atoms with E-state index in [9.17, 15) is 18.0 Å². The van der Waals surface area contributed by atoms with Crippen LogP contribution in [0, 0.1) is 0 Å². The smallest absolute Gasteiger partial charge is 0.349 e. The van der Waals surface area contributed by atoms with Crippen molar-refractivity contribution in [3.05, 3.63) is 65.7 Å². The topological polar surface area (TPSA) is 54.0 Å². The number of fused-ring (bicyclic) bond motifs is 1. The molecule has 2 aromatic carbocycles. The molecule has 0 aliphatic heterocycles. The Bertz CT molecular complexity index is 1070. The third kappa shape index (κ3) is 5.16. The molecule has 2 N–H and O–H groups in total. The monoisotopic (exact) mass is 427 g/mol. The van der Waals surface area contributed by atoms with Gasteiger partial charge in [-0.25, -0.2) is 4.98 Å². The molecule has 0 radical (unpaired) electrons. The number of hydrogen-bond donors (Lipinski definition) is 2. The van der Waals surface area contributed by atoms with E-state index in [1.54, 1.807) is 12.1 Å². The third-order valence-corrected chi connectivity index (χ3v) is 5.61. The molecule has 1 heterocycles. The molecule has 3 aromatic rings. The molecule has 0 unspecified atom stereocenters. The van der Waals surface area contributed by atoms with Crippen molar-refractivity contribution in [3.8, 4) is 0 Å². The molecule has 1 amide bonds. The first-order chi connectivity index (χ1) is 14.9. The number of halogens is 3. The molecule has 0 bridgehead atoms. The van der Waals surface area contributed by atoms with E-state index in [1.165, 1.54) is 25.0 Å². The van der Waals surface area contributed by atoms with Crippen LogP contribution >= 0.6 is 0 Å². The van der Waals surface area contributed by atoms with Gasteiger partial charge in [-0.05, 0) is 43.2 Å². The van der Waals surface area contributed by atoms with Gasteiger partial charge in [0.25, 0.3) is 5.91 Å². The molecule has 1 aliphatic rings. The normalized spacial score (nSPS) is 15.5. The number of nitrogens with zero attached hydrogens (tertiary/aromatic N) is 1. The lowest BCUT2D eigenvalue weighted by molar-refractivity contribution is -0.137. The lowest BCUT2D eigenvalue weighted by Gasteiger charge is -2.18. The van der Waals surface area contributed by atoms with Crippen LogP contribution in [0.3, 0.4) is 0 Å².